The van der Waals surface area contributed by atoms with E-state index in [2.05, 4.69) is 120 Å². The van der Waals surface area contributed by atoms with Crippen molar-refractivity contribution in [1.82, 2.24) is 19.5 Å². The van der Waals surface area contributed by atoms with Crippen molar-refractivity contribution in [2.24, 2.45) is 0 Å². The summed E-state index contributed by atoms with van der Waals surface area (Å²) in [6.07, 6.45) is 0. The van der Waals surface area contributed by atoms with Crippen LogP contribution in [0.3, 0.4) is 0 Å². The second kappa shape index (κ2) is 13.0. The van der Waals surface area contributed by atoms with Crippen molar-refractivity contribution in [1.29, 1.82) is 0 Å². The van der Waals surface area contributed by atoms with Crippen LogP contribution in [0.4, 0.5) is 0 Å². The first-order valence-electron chi connectivity index (χ1n) is 18.8. The highest BCUT2D eigenvalue weighted by molar-refractivity contribution is 6.13. The number of furan rings is 1. The van der Waals surface area contributed by atoms with E-state index in [1.807, 2.05) is 78.9 Å². The van der Waals surface area contributed by atoms with E-state index < -0.39 is 0 Å². The van der Waals surface area contributed by atoms with Crippen LogP contribution in [0, 0.1) is 0 Å². The van der Waals surface area contributed by atoms with Crippen molar-refractivity contribution in [3.8, 4) is 62.1 Å². The minimum absolute atomic E-state index is 0.642. The van der Waals surface area contributed by atoms with Gasteiger partial charge in [-0.05, 0) is 64.7 Å². The molecule has 0 fully saturated rings. The number of aromatic nitrogens is 4. The van der Waals surface area contributed by atoms with Gasteiger partial charge in [0.1, 0.15) is 11.2 Å². The smallest absolute Gasteiger partial charge is 0.164 e. The Labute approximate surface area is 322 Å². The summed E-state index contributed by atoms with van der Waals surface area (Å²) in [6.45, 7) is 0. The predicted octanol–water partition coefficient (Wildman–Crippen LogP) is 13.2. The summed E-state index contributed by atoms with van der Waals surface area (Å²) >= 11 is 0. The maximum absolute atomic E-state index is 6.19. The molecule has 0 atom stereocenters. The van der Waals surface area contributed by atoms with Crippen molar-refractivity contribution < 1.29 is 4.42 Å². The van der Waals surface area contributed by atoms with Gasteiger partial charge in [-0.15, -0.1) is 0 Å². The molecule has 0 bridgehead atoms. The van der Waals surface area contributed by atoms with E-state index >= 15 is 0 Å². The Balaban J connectivity index is 0.959. The van der Waals surface area contributed by atoms with Crippen LogP contribution < -0.4 is 0 Å². The summed E-state index contributed by atoms with van der Waals surface area (Å²) in [5.74, 6) is 1.95. The minimum atomic E-state index is 0.642. The van der Waals surface area contributed by atoms with Gasteiger partial charge in [0.15, 0.2) is 17.5 Å². The molecule has 0 spiro atoms. The summed E-state index contributed by atoms with van der Waals surface area (Å²) in [7, 11) is 0. The first-order chi connectivity index (χ1) is 27.7. The van der Waals surface area contributed by atoms with Gasteiger partial charge >= 0.3 is 0 Å². The molecule has 0 saturated heterocycles. The first-order valence-corrected chi connectivity index (χ1v) is 18.8. The van der Waals surface area contributed by atoms with E-state index in [1.165, 1.54) is 21.9 Å². The standard InChI is InChI=1S/C51H32N4O/c1-3-12-35(13-4-1)49-52-50(36-14-5-2-6-15-36)54-51(53-49)37-24-22-33(23-25-37)38-28-31-45-43(32-38)41-16-7-9-19-44(41)55(45)39-29-26-34(27-30-39)40-18-11-21-47-48(40)42-17-8-10-20-46(42)56-47/h1-32H. The van der Waals surface area contributed by atoms with Gasteiger partial charge in [-0.1, -0.05) is 152 Å². The Hall–Kier alpha value is -7.63. The normalized spacial score (nSPS) is 11.6. The van der Waals surface area contributed by atoms with Crippen LogP contribution in [0.15, 0.2) is 199 Å². The van der Waals surface area contributed by atoms with Gasteiger partial charge < -0.3 is 8.98 Å². The molecule has 0 aliphatic carbocycles. The summed E-state index contributed by atoms with van der Waals surface area (Å²) in [5.41, 5.74) is 12.7. The molecule has 11 aromatic rings. The summed E-state index contributed by atoms with van der Waals surface area (Å²) in [5, 5.41) is 4.70. The van der Waals surface area contributed by atoms with Gasteiger partial charge in [-0.3, -0.25) is 0 Å². The van der Waals surface area contributed by atoms with Crippen LogP contribution in [0.5, 0.6) is 0 Å². The molecule has 3 heterocycles. The Kier molecular flexibility index (Phi) is 7.42. The van der Waals surface area contributed by atoms with Crippen molar-refractivity contribution in [3.05, 3.63) is 194 Å². The maximum Gasteiger partial charge on any atom is 0.164 e. The molecule has 0 unspecified atom stereocenters. The molecule has 56 heavy (non-hydrogen) atoms. The van der Waals surface area contributed by atoms with Crippen molar-refractivity contribution in [2.45, 2.75) is 0 Å². The Morgan fingerprint density at radius 1 is 0.339 bits per heavy atom. The zero-order chi connectivity index (χ0) is 37.0. The van der Waals surface area contributed by atoms with Gasteiger partial charge in [0.05, 0.1) is 11.0 Å². The average Bonchev–Trinajstić information content (AvgIpc) is 3.83. The number of fused-ring (bicyclic) bond motifs is 6. The van der Waals surface area contributed by atoms with Crippen LogP contribution in [0.25, 0.3) is 106 Å². The summed E-state index contributed by atoms with van der Waals surface area (Å²) in [6, 6.07) is 67.6. The topological polar surface area (TPSA) is 56.7 Å². The molecule has 0 aliphatic rings. The quantitative estimate of drug-likeness (QED) is 0.172. The van der Waals surface area contributed by atoms with Crippen molar-refractivity contribution >= 4 is 43.7 Å². The van der Waals surface area contributed by atoms with Crippen LogP contribution >= 0.6 is 0 Å². The summed E-state index contributed by atoms with van der Waals surface area (Å²) < 4.78 is 8.55. The fourth-order valence-electron chi connectivity index (χ4n) is 7.99. The first kappa shape index (κ1) is 31.9. The molecule has 0 radical (unpaired) electrons. The van der Waals surface area contributed by atoms with E-state index in [-0.39, 0.29) is 0 Å². The molecule has 0 aliphatic heterocycles. The average molecular weight is 717 g/mol. The highest BCUT2D eigenvalue weighted by Gasteiger charge is 2.17. The molecule has 0 amide bonds. The number of hydrogen-bond acceptors (Lipinski definition) is 4. The molecule has 0 saturated carbocycles. The Bertz CT molecular complexity index is 3160. The molecular weight excluding hydrogens is 685 g/mol. The lowest BCUT2D eigenvalue weighted by atomic mass is 9.99. The van der Waals surface area contributed by atoms with Crippen LogP contribution in [0.2, 0.25) is 0 Å². The molecule has 262 valence electrons. The molecule has 8 aromatic carbocycles. The van der Waals surface area contributed by atoms with Crippen LogP contribution in [-0.2, 0) is 0 Å². The predicted molar refractivity (Wildman–Crippen MR) is 229 cm³/mol. The highest BCUT2D eigenvalue weighted by Crippen LogP contribution is 2.39. The minimum Gasteiger partial charge on any atom is -0.456 e. The zero-order valence-corrected chi connectivity index (χ0v) is 30.2. The fourth-order valence-corrected chi connectivity index (χ4v) is 7.99. The van der Waals surface area contributed by atoms with E-state index in [1.54, 1.807) is 0 Å². The number of rotatable bonds is 6. The maximum atomic E-state index is 6.19. The lowest BCUT2D eigenvalue weighted by molar-refractivity contribution is 0.669. The molecule has 11 rings (SSSR count). The van der Waals surface area contributed by atoms with E-state index in [0.717, 1.165) is 66.5 Å². The second-order valence-electron chi connectivity index (χ2n) is 14.0. The molecule has 5 heteroatoms. The van der Waals surface area contributed by atoms with E-state index in [4.69, 9.17) is 19.4 Å². The monoisotopic (exact) mass is 716 g/mol. The Morgan fingerprint density at radius 3 is 1.55 bits per heavy atom. The zero-order valence-electron chi connectivity index (χ0n) is 30.2. The molecule has 5 nitrogen and oxygen atoms in total. The number of benzene rings is 8. The van der Waals surface area contributed by atoms with Gasteiger partial charge in [0, 0.05) is 43.9 Å². The third-order valence-corrected chi connectivity index (χ3v) is 10.7. The molecular formula is C51H32N4O. The third kappa shape index (κ3) is 5.37. The van der Waals surface area contributed by atoms with Gasteiger partial charge in [0.25, 0.3) is 0 Å². The fraction of sp³-hybridized carbons (Fsp3) is 0. The van der Waals surface area contributed by atoms with Crippen LogP contribution in [0.1, 0.15) is 0 Å². The van der Waals surface area contributed by atoms with Gasteiger partial charge in [-0.2, -0.15) is 0 Å². The SMILES string of the molecule is c1ccc(-c2nc(-c3ccccc3)nc(-c3ccc(-c4ccc5c(c4)c4ccccc4n5-c4ccc(-c5cccc6oc7ccccc7c56)cc4)cc3)n2)cc1. The second-order valence-corrected chi connectivity index (χ2v) is 14.0. The van der Waals surface area contributed by atoms with Crippen molar-refractivity contribution in [3.63, 3.8) is 0 Å². The molecule has 3 aromatic heterocycles. The lowest BCUT2D eigenvalue weighted by Gasteiger charge is -2.11. The summed E-state index contributed by atoms with van der Waals surface area (Å²) in [4.78, 5) is 14.7. The van der Waals surface area contributed by atoms with Crippen LogP contribution in [-0.4, -0.2) is 19.5 Å². The van der Waals surface area contributed by atoms with Gasteiger partial charge in [0.2, 0.25) is 0 Å². The largest absolute Gasteiger partial charge is 0.456 e. The Morgan fingerprint density at radius 2 is 0.857 bits per heavy atom. The molecule has 0 N–H and O–H groups in total. The number of para-hydroxylation sites is 2. The number of nitrogens with zero attached hydrogens (tertiary/aromatic N) is 4. The third-order valence-electron chi connectivity index (χ3n) is 10.7. The van der Waals surface area contributed by atoms with Crippen molar-refractivity contribution in [2.75, 3.05) is 0 Å². The van der Waals surface area contributed by atoms with E-state index in [0.29, 0.717) is 17.5 Å². The number of hydrogen-bond donors (Lipinski definition) is 0. The van der Waals surface area contributed by atoms with E-state index in [9.17, 15) is 0 Å². The highest BCUT2D eigenvalue weighted by atomic mass is 16.3. The van der Waals surface area contributed by atoms with Gasteiger partial charge in [-0.25, -0.2) is 15.0 Å². The lowest BCUT2D eigenvalue weighted by Crippen LogP contribution is -2.00.